The van der Waals surface area contributed by atoms with E-state index in [0.717, 1.165) is 87.3 Å². The van der Waals surface area contributed by atoms with Crippen LogP contribution >= 0.6 is 0 Å². The molecule has 0 aromatic heterocycles. The fraction of sp³-hybridized carbons (Fsp3) is 0.211. The van der Waals surface area contributed by atoms with Crippen molar-refractivity contribution < 1.29 is 26.3 Å². The monoisotopic (exact) mass is 615 g/mol. The molecule has 0 radical (unpaired) electrons. The van der Waals surface area contributed by atoms with Gasteiger partial charge in [0.15, 0.2) is 29.1 Å². The summed E-state index contributed by atoms with van der Waals surface area (Å²) in [6.07, 6.45) is 2.89. The zero-order chi connectivity index (χ0) is 31.8. The maximum atomic E-state index is 14.7. The van der Waals surface area contributed by atoms with Gasteiger partial charge >= 0.3 is 0 Å². The Kier molecular flexibility index (Phi) is 8.56. The van der Waals surface area contributed by atoms with Crippen LogP contribution in [-0.4, -0.2) is 11.4 Å². The molecule has 0 saturated heterocycles. The highest BCUT2D eigenvalue weighted by molar-refractivity contribution is 6.10. The molecule has 0 amide bonds. The normalized spacial score (nSPS) is 14.4. The number of unbranched alkanes of at least 4 members (excludes halogenated alkanes) is 1. The number of fused-ring (bicyclic) bond motifs is 7. The van der Waals surface area contributed by atoms with Gasteiger partial charge in [0.05, 0.1) is 0 Å². The number of hydrogen-bond acceptors (Lipinski definition) is 1. The Hall–Kier alpha value is -4.36. The lowest BCUT2D eigenvalue weighted by molar-refractivity contribution is 0.255. The minimum absolute atomic E-state index is 0.0165. The number of rotatable bonds is 7. The quantitative estimate of drug-likeness (QED) is 0.100. The molecule has 0 fully saturated rings. The molecule has 0 unspecified atom stereocenters. The Morgan fingerprint density at radius 1 is 0.778 bits per heavy atom. The molecule has 45 heavy (non-hydrogen) atoms. The van der Waals surface area contributed by atoms with E-state index in [-0.39, 0.29) is 12.0 Å². The van der Waals surface area contributed by atoms with Crippen molar-refractivity contribution in [3.63, 3.8) is 0 Å². The maximum absolute atomic E-state index is 14.7. The first kappa shape index (κ1) is 30.7. The summed E-state index contributed by atoms with van der Waals surface area (Å²) in [5.41, 5.74) is 5.07. The van der Waals surface area contributed by atoms with Gasteiger partial charge in [0.1, 0.15) is 5.83 Å². The van der Waals surface area contributed by atoms with Crippen molar-refractivity contribution in [1.82, 2.24) is 4.90 Å². The van der Waals surface area contributed by atoms with Gasteiger partial charge in [0.2, 0.25) is 0 Å². The highest BCUT2D eigenvalue weighted by Crippen LogP contribution is 2.47. The molecule has 1 aliphatic heterocycles. The number of hydrogen-bond donors (Lipinski definition) is 0. The molecular weight excluding hydrogens is 584 g/mol. The van der Waals surface area contributed by atoms with Crippen molar-refractivity contribution in [3.05, 3.63) is 130 Å². The van der Waals surface area contributed by atoms with Crippen LogP contribution in [0.2, 0.25) is 0 Å². The van der Waals surface area contributed by atoms with E-state index >= 15 is 0 Å². The van der Waals surface area contributed by atoms with Crippen LogP contribution in [0.3, 0.4) is 0 Å². The summed E-state index contributed by atoms with van der Waals surface area (Å²) < 4.78 is 85.6. The fourth-order valence-corrected chi connectivity index (χ4v) is 6.40. The van der Waals surface area contributed by atoms with Gasteiger partial charge < -0.3 is 0 Å². The van der Waals surface area contributed by atoms with Crippen LogP contribution in [-0.2, 0) is 19.5 Å². The number of benzene rings is 5. The van der Waals surface area contributed by atoms with Crippen LogP contribution in [0.1, 0.15) is 43.4 Å². The first-order valence-electron chi connectivity index (χ1n) is 15.0. The zero-order valence-corrected chi connectivity index (χ0v) is 25.0. The van der Waals surface area contributed by atoms with Crippen molar-refractivity contribution in [3.8, 4) is 22.3 Å². The largest absolute Gasteiger partial charge is 0.295 e. The van der Waals surface area contributed by atoms with E-state index in [9.17, 15) is 26.3 Å². The lowest BCUT2D eigenvalue weighted by Crippen LogP contribution is -2.24. The maximum Gasteiger partial charge on any atom is 0.194 e. The van der Waals surface area contributed by atoms with Gasteiger partial charge in [0, 0.05) is 13.1 Å². The lowest BCUT2D eigenvalue weighted by Gasteiger charge is -2.23. The average molecular weight is 616 g/mol. The van der Waals surface area contributed by atoms with Crippen molar-refractivity contribution >= 4 is 21.5 Å². The third-order valence-corrected chi connectivity index (χ3v) is 8.56. The molecule has 1 heterocycles. The average Bonchev–Trinajstić information content (AvgIpc) is 3.21. The molecule has 1 nitrogen and oxygen atoms in total. The predicted octanol–water partition coefficient (Wildman–Crippen LogP) is 11.4. The number of nitrogens with zero attached hydrogens (tertiary/aromatic N) is 1. The molecule has 0 saturated carbocycles. The first-order valence-corrected chi connectivity index (χ1v) is 15.0. The second kappa shape index (κ2) is 12.6. The SMILES string of the molecule is CCCCN1Cc2c(C/C=C(F)\C(F)=C(/C)F)cc3ccccc3c2-c2c(c(-c3cc(F)c(F)c(F)c3)cc3ccccc23)C1. The molecule has 5 aromatic carbocycles. The van der Waals surface area contributed by atoms with Crippen molar-refractivity contribution in [2.45, 2.75) is 46.2 Å². The van der Waals surface area contributed by atoms with Crippen molar-refractivity contribution in [1.29, 1.82) is 0 Å². The van der Waals surface area contributed by atoms with Crippen LogP contribution in [0.25, 0.3) is 43.8 Å². The number of halogens is 6. The number of allylic oxidation sites excluding steroid dienone is 4. The first-order chi connectivity index (χ1) is 21.7. The van der Waals surface area contributed by atoms with Gasteiger partial charge in [-0.25, -0.2) is 26.3 Å². The van der Waals surface area contributed by atoms with E-state index in [1.54, 1.807) is 0 Å². The lowest BCUT2D eigenvalue weighted by atomic mass is 9.82. The highest BCUT2D eigenvalue weighted by Gasteiger charge is 2.28. The van der Waals surface area contributed by atoms with Crippen LogP contribution < -0.4 is 0 Å². The van der Waals surface area contributed by atoms with E-state index in [4.69, 9.17) is 0 Å². The molecule has 1 aliphatic rings. The van der Waals surface area contributed by atoms with E-state index in [1.807, 2.05) is 60.7 Å². The molecule has 0 N–H and O–H groups in total. The zero-order valence-electron chi connectivity index (χ0n) is 25.0. The summed E-state index contributed by atoms with van der Waals surface area (Å²) in [6, 6.07) is 21.4. The van der Waals surface area contributed by atoms with E-state index in [1.165, 1.54) is 0 Å². The summed E-state index contributed by atoms with van der Waals surface area (Å²) in [4.78, 5) is 2.24. The van der Waals surface area contributed by atoms with Crippen LogP contribution in [0.4, 0.5) is 26.3 Å². The topological polar surface area (TPSA) is 3.24 Å². The minimum Gasteiger partial charge on any atom is -0.295 e. The summed E-state index contributed by atoms with van der Waals surface area (Å²) in [5, 5.41) is 3.56. The van der Waals surface area contributed by atoms with Gasteiger partial charge in [-0.2, -0.15) is 0 Å². The Bertz CT molecular complexity index is 1980. The molecule has 0 aliphatic carbocycles. The molecule has 0 spiro atoms. The van der Waals surface area contributed by atoms with Crippen LogP contribution in [0, 0.1) is 17.5 Å². The second-order valence-corrected chi connectivity index (χ2v) is 11.5. The molecule has 7 heteroatoms. The minimum atomic E-state index is -1.52. The summed E-state index contributed by atoms with van der Waals surface area (Å²) in [6.45, 7) is 4.57. The molecule has 230 valence electrons. The Morgan fingerprint density at radius 3 is 1.98 bits per heavy atom. The third-order valence-electron chi connectivity index (χ3n) is 8.56. The Balaban J connectivity index is 1.72. The van der Waals surface area contributed by atoms with Gasteiger partial charge in [-0.15, -0.1) is 0 Å². The molecule has 0 bridgehead atoms. The predicted molar refractivity (Wildman–Crippen MR) is 169 cm³/mol. The smallest absolute Gasteiger partial charge is 0.194 e. The molecule has 0 atom stereocenters. The van der Waals surface area contributed by atoms with Crippen LogP contribution in [0.5, 0.6) is 0 Å². The van der Waals surface area contributed by atoms with E-state index in [0.29, 0.717) is 25.2 Å². The summed E-state index contributed by atoms with van der Waals surface area (Å²) in [5.74, 6) is -8.07. The van der Waals surface area contributed by atoms with Gasteiger partial charge in [-0.1, -0.05) is 67.9 Å². The molecule has 5 aromatic rings. The fourth-order valence-electron chi connectivity index (χ4n) is 6.40. The van der Waals surface area contributed by atoms with Crippen molar-refractivity contribution in [2.75, 3.05) is 6.54 Å². The van der Waals surface area contributed by atoms with Crippen LogP contribution in [0.15, 0.2) is 96.4 Å². The molecular formula is C38H31F6N. The summed E-state index contributed by atoms with van der Waals surface area (Å²) in [7, 11) is 0. The Morgan fingerprint density at radius 2 is 1.36 bits per heavy atom. The highest BCUT2D eigenvalue weighted by atomic mass is 19.2. The third kappa shape index (κ3) is 5.77. The second-order valence-electron chi connectivity index (χ2n) is 11.5. The van der Waals surface area contributed by atoms with Gasteiger partial charge in [-0.3, -0.25) is 4.90 Å². The van der Waals surface area contributed by atoms with E-state index < -0.39 is 34.9 Å². The summed E-state index contributed by atoms with van der Waals surface area (Å²) >= 11 is 0. The van der Waals surface area contributed by atoms with Crippen molar-refractivity contribution in [2.24, 2.45) is 0 Å². The van der Waals surface area contributed by atoms with E-state index in [2.05, 4.69) is 11.8 Å². The standard InChI is InChI=1S/C38H31F6N/c1-3-4-15-45-20-30-25(13-14-32(40)37(43)22(2)39)16-23-9-5-7-11-27(23)35(30)36-28-12-8-6-10-24(28)17-29(31(36)21-45)26-18-33(41)38(44)34(42)19-26/h5-12,14,16-19H,3-4,13,15,20-21H2,1-2H3/b32-14+,37-22-. The van der Waals surface area contributed by atoms with Gasteiger partial charge in [0.25, 0.3) is 0 Å². The Labute approximate surface area is 258 Å². The van der Waals surface area contributed by atoms with Gasteiger partial charge in [-0.05, 0) is 111 Å². The molecule has 6 rings (SSSR count).